The van der Waals surface area contributed by atoms with Crippen molar-refractivity contribution in [2.24, 2.45) is 0 Å². The molecule has 0 radical (unpaired) electrons. The van der Waals surface area contributed by atoms with Crippen molar-refractivity contribution in [3.8, 4) is 5.75 Å². The number of pyridine rings is 1. The van der Waals surface area contributed by atoms with Crippen molar-refractivity contribution in [3.63, 3.8) is 0 Å². The summed E-state index contributed by atoms with van der Waals surface area (Å²) in [5.41, 5.74) is -0.0943. The molecule has 1 aromatic rings. The van der Waals surface area contributed by atoms with E-state index in [2.05, 4.69) is 4.98 Å². The van der Waals surface area contributed by atoms with Gasteiger partial charge in [0, 0.05) is 6.42 Å². The smallest absolute Gasteiger partial charge is 0.137 e. The normalized spacial score (nSPS) is 11.5. The fourth-order valence-electron chi connectivity index (χ4n) is 1.01. The molecule has 4 nitrogen and oxygen atoms in total. The number of ether oxygens (including phenoxy) is 1. The second-order valence-electron chi connectivity index (χ2n) is 4.05. The van der Waals surface area contributed by atoms with Gasteiger partial charge in [0.25, 0.3) is 0 Å². The zero-order chi connectivity index (χ0) is 11.3. The Hall–Kier alpha value is -1.13. The second-order valence-corrected chi connectivity index (χ2v) is 4.05. The zero-order valence-electron chi connectivity index (χ0n) is 9.10. The highest BCUT2D eigenvalue weighted by molar-refractivity contribution is 5.19. The van der Waals surface area contributed by atoms with Gasteiger partial charge in [0.05, 0.1) is 30.7 Å². The first-order valence-electron chi connectivity index (χ1n) is 4.92. The molecule has 1 aromatic heterocycles. The van der Waals surface area contributed by atoms with Crippen LogP contribution in [-0.2, 0) is 6.61 Å². The van der Waals surface area contributed by atoms with Crippen LogP contribution in [0.4, 0.5) is 0 Å². The first-order valence-corrected chi connectivity index (χ1v) is 4.92. The molecule has 0 aliphatic heterocycles. The SMILES string of the molecule is CC(C)(O)CCOc1ccc(CO)nc1. The fourth-order valence-corrected chi connectivity index (χ4v) is 1.01. The Kier molecular flexibility index (Phi) is 4.05. The van der Waals surface area contributed by atoms with Gasteiger partial charge in [0.1, 0.15) is 5.75 Å². The Balaban J connectivity index is 2.38. The number of aliphatic hydroxyl groups excluding tert-OH is 1. The lowest BCUT2D eigenvalue weighted by molar-refractivity contribution is 0.0553. The molecule has 0 aliphatic rings. The van der Waals surface area contributed by atoms with Gasteiger partial charge in [-0.15, -0.1) is 0 Å². The molecule has 84 valence electrons. The number of hydrogen-bond acceptors (Lipinski definition) is 4. The van der Waals surface area contributed by atoms with Crippen LogP contribution in [0.3, 0.4) is 0 Å². The van der Waals surface area contributed by atoms with Gasteiger partial charge in [0.2, 0.25) is 0 Å². The van der Waals surface area contributed by atoms with Crippen LogP contribution in [0, 0.1) is 0 Å². The van der Waals surface area contributed by atoms with Crippen LogP contribution < -0.4 is 4.74 Å². The van der Waals surface area contributed by atoms with Crippen LogP contribution in [0.25, 0.3) is 0 Å². The molecule has 4 heteroatoms. The molecule has 0 saturated heterocycles. The first kappa shape index (κ1) is 11.9. The summed E-state index contributed by atoms with van der Waals surface area (Å²) in [6.07, 6.45) is 2.13. The third-order valence-electron chi connectivity index (χ3n) is 1.94. The Labute approximate surface area is 89.5 Å². The van der Waals surface area contributed by atoms with Crippen molar-refractivity contribution in [3.05, 3.63) is 24.0 Å². The Morgan fingerprint density at radius 3 is 2.60 bits per heavy atom. The van der Waals surface area contributed by atoms with Gasteiger partial charge < -0.3 is 14.9 Å². The standard InChI is InChI=1S/C11H17NO3/c1-11(2,14)5-6-15-10-4-3-9(8-13)12-7-10/h3-4,7,13-14H,5-6,8H2,1-2H3. The van der Waals surface area contributed by atoms with Crippen molar-refractivity contribution in [2.75, 3.05) is 6.61 Å². The molecule has 1 rings (SSSR count). The molecule has 0 spiro atoms. The number of nitrogens with zero attached hydrogens (tertiary/aromatic N) is 1. The lowest BCUT2D eigenvalue weighted by atomic mass is 10.1. The van der Waals surface area contributed by atoms with E-state index in [9.17, 15) is 5.11 Å². The topological polar surface area (TPSA) is 62.6 Å². The van der Waals surface area contributed by atoms with Crippen molar-refractivity contribution in [1.82, 2.24) is 4.98 Å². The van der Waals surface area contributed by atoms with Gasteiger partial charge in [0.15, 0.2) is 0 Å². The molecule has 0 atom stereocenters. The molecule has 1 heterocycles. The molecule has 0 saturated carbocycles. The van der Waals surface area contributed by atoms with E-state index in [-0.39, 0.29) is 6.61 Å². The number of hydrogen-bond donors (Lipinski definition) is 2. The van der Waals surface area contributed by atoms with E-state index in [0.717, 1.165) is 0 Å². The van der Waals surface area contributed by atoms with Crippen molar-refractivity contribution in [1.29, 1.82) is 0 Å². The van der Waals surface area contributed by atoms with E-state index in [4.69, 9.17) is 9.84 Å². The summed E-state index contributed by atoms with van der Waals surface area (Å²) in [6, 6.07) is 3.46. The average molecular weight is 211 g/mol. The zero-order valence-corrected chi connectivity index (χ0v) is 9.10. The Morgan fingerprint density at radius 2 is 2.13 bits per heavy atom. The summed E-state index contributed by atoms with van der Waals surface area (Å²) in [4.78, 5) is 3.97. The lowest BCUT2D eigenvalue weighted by Gasteiger charge is -2.16. The summed E-state index contributed by atoms with van der Waals surface area (Å²) in [7, 11) is 0. The van der Waals surface area contributed by atoms with Crippen LogP contribution in [0.1, 0.15) is 26.0 Å². The molecule has 0 unspecified atom stereocenters. The van der Waals surface area contributed by atoms with E-state index < -0.39 is 5.60 Å². The summed E-state index contributed by atoms with van der Waals surface area (Å²) in [5.74, 6) is 0.649. The van der Waals surface area contributed by atoms with E-state index in [1.807, 2.05) is 0 Å². The molecule has 0 fully saturated rings. The summed E-state index contributed by atoms with van der Waals surface area (Å²) in [5, 5.41) is 18.2. The highest BCUT2D eigenvalue weighted by Gasteiger charge is 2.11. The van der Waals surface area contributed by atoms with Crippen LogP contribution in [0.2, 0.25) is 0 Å². The molecule has 0 aliphatic carbocycles. The lowest BCUT2D eigenvalue weighted by Crippen LogP contribution is -2.21. The minimum absolute atomic E-state index is 0.0655. The van der Waals surface area contributed by atoms with Crippen molar-refractivity contribution < 1.29 is 14.9 Å². The number of rotatable bonds is 5. The summed E-state index contributed by atoms with van der Waals surface area (Å²) in [6.45, 7) is 3.86. The summed E-state index contributed by atoms with van der Waals surface area (Å²) >= 11 is 0. The Bertz CT molecular complexity index is 290. The first-order chi connectivity index (χ1) is 7.01. The maximum atomic E-state index is 9.45. The van der Waals surface area contributed by atoms with E-state index >= 15 is 0 Å². The largest absolute Gasteiger partial charge is 0.492 e. The molecule has 2 N–H and O–H groups in total. The minimum Gasteiger partial charge on any atom is -0.492 e. The van der Waals surface area contributed by atoms with Crippen LogP contribution in [-0.4, -0.2) is 27.4 Å². The van der Waals surface area contributed by atoms with Gasteiger partial charge in [-0.1, -0.05) is 0 Å². The molecule has 0 bridgehead atoms. The number of aromatic nitrogens is 1. The van der Waals surface area contributed by atoms with E-state index in [0.29, 0.717) is 24.5 Å². The van der Waals surface area contributed by atoms with E-state index in [1.54, 1.807) is 32.2 Å². The van der Waals surface area contributed by atoms with Crippen molar-refractivity contribution in [2.45, 2.75) is 32.5 Å². The predicted molar refractivity (Wildman–Crippen MR) is 56.6 cm³/mol. The summed E-state index contributed by atoms with van der Waals surface area (Å²) < 4.78 is 5.38. The highest BCUT2D eigenvalue weighted by Crippen LogP contribution is 2.12. The molecule has 0 amide bonds. The Morgan fingerprint density at radius 1 is 1.40 bits per heavy atom. The van der Waals surface area contributed by atoms with Gasteiger partial charge in [-0.2, -0.15) is 0 Å². The maximum absolute atomic E-state index is 9.45. The monoisotopic (exact) mass is 211 g/mol. The van der Waals surface area contributed by atoms with Crippen LogP contribution in [0.15, 0.2) is 18.3 Å². The van der Waals surface area contributed by atoms with Crippen molar-refractivity contribution >= 4 is 0 Å². The maximum Gasteiger partial charge on any atom is 0.137 e. The fraction of sp³-hybridized carbons (Fsp3) is 0.545. The molecule has 15 heavy (non-hydrogen) atoms. The predicted octanol–water partition coefficient (Wildman–Crippen LogP) is 1.11. The molecular formula is C11H17NO3. The minimum atomic E-state index is -0.710. The third kappa shape index (κ3) is 4.76. The second kappa shape index (κ2) is 5.09. The van der Waals surface area contributed by atoms with Gasteiger partial charge >= 0.3 is 0 Å². The average Bonchev–Trinajstić information content (AvgIpc) is 2.17. The molecule has 0 aromatic carbocycles. The third-order valence-corrected chi connectivity index (χ3v) is 1.94. The van der Waals surface area contributed by atoms with Gasteiger partial charge in [-0.3, -0.25) is 4.98 Å². The highest BCUT2D eigenvalue weighted by atomic mass is 16.5. The molecular weight excluding hydrogens is 194 g/mol. The number of aliphatic hydroxyl groups is 2. The quantitative estimate of drug-likeness (QED) is 0.766. The van der Waals surface area contributed by atoms with Crippen LogP contribution >= 0.6 is 0 Å². The van der Waals surface area contributed by atoms with Crippen LogP contribution in [0.5, 0.6) is 5.75 Å². The van der Waals surface area contributed by atoms with Gasteiger partial charge in [-0.25, -0.2) is 0 Å². The van der Waals surface area contributed by atoms with Gasteiger partial charge in [-0.05, 0) is 26.0 Å². The van der Waals surface area contributed by atoms with E-state index in [1.165, 1.54) is 0 Å².